The Morgan fingerprint density at radius 1 is 1.39 bits per heavy atom. The largest absolute Gasteiger partial charge is 0.493 e. The minimum absolute atomic E-state index is 0.525. The zero-order chi connectivity index (χ0) is 16.7. The summed E-state index contributed by atoms with van der Waals surface area (Å²) < 4.78 is 14.1. The minimum Gasteiger partial charge on any atom is -0.493 e. The topological polar surface area (TPSA) is 48.3 Å². The lowest BCUT2D eigenvalue weighted by Gasteiger charge is -2.15. The Morgan fingerprint density at radius 2 is 2.22 bits per heavy atom. The van der Waals surface area contributed by atoms with Crippen LogP contribution in [0.1, 0.15) is 19.4 Å². The summed E-state index contributed by atoms with van der Waals surface area (Å²) >= 11 is 3.56. The van der Waals surface area contributed by atoms with Gasteiger partial charge in [0.25, 0.3) is 0 Å². The van der Waals surface area contributed by atoms with Crippen LogP contribution >= 0.6 is 15.9 Å². The van der Waals surface area contributed by atoms with E-state index in [2.05, 4.69) is 43.8 Å². The van der Waals surface area contributed by atoms with E-state index < -0.39 is 0 Å². The molecule has 0 spiro atoms. The molecule has 0 saturated heterocycles. The summed E-state index contributed by atoms with van der Waals surface area (Å²) in [5, 5.41) is 3.49. The second-order valence-electron chi connectivity index (χ2n) is 5.54. The van der Waals surface area contributed by atoms with Gasteiger partial charge in [-0.3, -0.25) is 0 Å². The standard InChI is InChI=1S/C17H24BrN3O2/c1-4-23-17-15(18)7-14(8-16(17)22-3)10-20-9-13(2)11-21-6-5-19-12-21/h5-8,12-13,20H,4,9-11H2,1-3H3. The van der Waals surface area contributed by atoms with Crippen molar-refractivity contribution in [2.75, 3.05) is 20.3 Å². The van der Waals surface area contributed by atoms with Gasteiger partial charge in [0, 0.05) is 25.5 Å². The van der Waals surface area contributed by atoms with Gasteiger partial charge in [-0.2, -0.15) is 0 Å². The van der Waals surface area contributed by atoms with Gasteiger partial charge in [0.15, 0.2) is 11.5 Å². The van der Waals surface area contributed by atoms with Crippen LogP contribution in [0.4, 0.5) is 0 Å². The van der Waals surface area contributed by atoms with Crippen molar-refractivity contribution >= 4 is 15.9 Å². The van der Waals surface area contributed by atoms with E-state index >= 15 is 0 Å². The number of nitrogens with zero attached hydrogens (tertiary/aromatic N) is 2. The molecular formula is C17H24BrN3O2. The van der Waals surface area contributed by atoms with Gasteiger partial charge in [0.1, 0.15) is 0 Å². The third kappa shape index (κ3) is 5.25. The molecule has 5 nitrogen and oxygen atoms in total. The van der Waals surface area contributed by atoms with E-state index in [1.165, 1.54) is 0 Å². The second kappa shape index (κ2) is 8.93. The van der Waals surface area contributed by atoms with Crippen LogP contribution in [-0.2, 0) is 13.1 Å². The molecule has 1 atom stereocenters. The summed E-state index contributed by atoms with van der Waals surface area (Å²) in [6, 6.07) is 4.09. The van der Waals surface area contributed by atoms with Gasteiger partial charge < -0.3 is 19.4 Å². The fourth-order valence-electron chi connectivity index (χ4n) is 2.44. The number of hydrogen-bond donors (Lipinski definition) is 1. The molecular weight excluding hydrogens is 358 g/mol. The van der Waals surface area contributed by atoms with Crippen molar-refractivity contribution in [3.05, 3.63) is 40.9 Å². The number of ether oxygens (including phenoxy) is 2. The third-order valence-electron chi connectivity index (χ3n) is 3.48. The molecule has 1 N–H and O–H groups in total. The van der Waals surface area contributed by atoms with E-state index in [1.54, 1.807) is 7.11 Å². The van der Waals surface area contributed by atoms with E-state index in [-0.39, 0.29) is 0 Å². The van der Waals surface area contributed by atoms with Crippen LogP contribution in [0.3, 0.4) is 0 Å². The molecule has 6 heteroatoms. The van der Waals surface area contributed by atoms with Gasteiger partial charge in [-0.25, -0.2) is 4.98 Å². The van der Waals surface area contributed by atoms with Crippen LogP contribution in [0, 0.1) is 5.92 Å². The van der Waals surface area contributed by atoms with Crippen molar-refractivity contribution in [3.8, 4) is 11.5 Å². The third-order valence-corrected chi connectivity index (χ3v) is 4.07. The Bertz CT molecular complexity index is 602. The van der Waals surface area contributed by atoms with Crippen molar-refractivity contribution < 1.29 is 9.47 Å². The highest BCUT2D eigenvalue weighted by atomic mass is 79.9. The molecule has 0 amide bonds. The van der Waals surface area contributed by atoms with Crippen LogP contribution in [0.15, 0.2) is 35.3 Å². The molecule has 1 heterocycles. The smallest absolute Gasteiger partial charge is 0.175 e. The zero-order valence-electron chi connectivity index (χ0n) is 13.9. The van der Waals surface area contributed by atoms with Gasteiger partial charge in [-0.15, -0.1) is 0 Å². The molecule has 1 unspecified atom stereocenters. The summed E-state index contributed by atoms with van der Waals surface area (Å²) in [7, 11) is 1.66. The lowest BCUT2D eigenvalue weighted by atomic mass is 10.1. The van der Waals surface area contributed by atoms with Crippen molar-refractivity contribution in [1.29, 1.82) is 0 Å². The fraction of sp³-hybridized carbons (Fsp3) is 0.471. The van der Waals surface area contributed by atoms with Gasteiger partial charge >= 0.3 is 0 Å². The predicted molar refractivity (Wildman–Crippen MR) is 95.0 cm³/mol. The predicted octanol–water partition coefficient (Wildman–Crippen LogP) is 3.48. The molecule has 0 aliphatic heterocycles. The van der Waals surface area contributed by atoms with E-state index in [1.807, 2.05) is 31.7 Å². The van der Waals surface area contributed by atoms with E-state index in [4.69, 9.17) is 9.47 Å². The Morgan fingerprint density at radius 3 is 2.87 bits per heavy atom. The molecule has 2 aromatic rings. The maximum Gasteiger partial charge on any atom is 0.175 e. The first kappa shape index (κ1) is 17.8. The molecule has 1 aromatic carbocycles. The normalized spacial score (nSPS) is 12.2. The van der Waals surface area contributed by atoms with Gasteiger partial charge in [0.2, 0.25) is 0 Å². The van der Waals surface area contributed by atoms with Crippen LogP contribution in [0.5, 0.6) is 11.5 Å². The van der Waals surface area contributed by atoms with E-state index in [0.717, 1.165) is 41.2 Å². The Hall–Kier alpha value is -1.53. The van der Waals surface area contributed by atoms with Gasteiger partial charge in [0.05, 0.1) is 24.5 Å². The zero-order valence-corrected chi connectivity index (χ0v) is 15.5. The molecule has 2 rings (SSSR count). The van der Waals surface area contributed by atoms with E-state index in [9.17, 15) is 0 Å². The van der Waals surface area contributed by atoms with E-state index in [0.29, 0.717) is 12.5 Å². The Kier molecular flexibility index (Phi) is 6.92. The molecule has 0 aliphatic carbocycles. The maximum absolute atomic E-state index is 5.61. The molecule has 0 bridgehead atoms. The lowest BCUT2D eigenvalue weighted by Crippen LogP contribution is -2.23. The maximum atomic E-state index is 5.61. The highest BCUT2D eigenvalue weighted by molar-refractivity contribution is 9.10. The Balaban J connectivity index is 1.89. The first-order valence-corrected chi connectivity index (χ1v) is 8.59. The summed E-state index contributed by atoms with van der Waals surface area (Å²) in [5.41, 5.74) is 1.16. The van der Waals surface area contributed by atoms with Crippen molar-refractivity contribution in [3.63, 3.8) is 0 Å². The van der Waals surface area contributed by atoms with Gasteiger partial charge in [-0.1, -0.05) is 6.92 Å². The van der Waals surface area contributed by atoms with Crippen LogP contribution < -0.4 is 14.8 Å². The number of benzene rings is 1. The number of halogens is 1. The summed E-state index contributed by atoms with van der Waals surface area (Å²) in [6.07, 6.45) is 5.65. The number of imidazole rings is 1. The molecule has 0 fully saturated rings. The highest BCUT2D eigenvalue weighted by Gasteiger charge is 2.11. The lowest BCUT2D eigenvalue weighted by molar-refractivity contribution is 0.308. The van der Waals surface area contributed by atoms with Crippen molar-refractivity contribution in [2.45, 2.75) is 26.9 Å². The van der Waals surface area contributed by atoms with Crippen LogP contribution in [0.2, 0.25) is 0 Å². The number of rotatable bonds is 9. The SMILES string of the molecule is CCOc1c(Br)cc(CNCC(C)Cn2ccnc2)cc1OC. The number of methoxy groups -OCH3 is 1. The number of aromatic nitrogens is 2. The monoisotopic (exact) mass is 381 g/mol. The van der Waals surface area contributed by atoms with Crippen LogP contribution in [0.25, 0.3) is 0 Å². The molecule has 1 aromatic heterocycles. The van der Waals surface area contributed by atoms with Crippen molar-refractivity contribution in [2.24, 2.45) is 5.92 Å². The highest BCUT2D eigenvalue weighted by Crippen LogP contribution is 2.36. The van der Waals surface area contributed by atoms with Crippen molar-refractivity contribution in [1.82, 2.24) is 14.9 Å². The van der Waals surface area contributed by atoms with Gasteiger partial charge in [-0.05, 0) is 53.0 Å². The molecule has 126 valence electrons. The number of nitrogens with one attached hydrogen (secondary N) is 1. The average Bonchev–Trinajstić information content (AvgIpc) is 3.02. The first-order valence-electron chi connectivity index (χ1n) is 7.79. The summed E-state index contributed by atoms with van der Waals surface area (Å²) in [5.74, 6) is 2.04. The molecule has 0 radical (unpaired) electrons. The summed E-state index contributed by atoms with van der Waals surface area (Å²) in [6.45, 7) is 7.48. The second-order valence-corrected chi connectivity index (χ2v) is 6.39. The number of hydrogen-bond acceptors (Lipinski definition) is 4. The van der Waals surface area contributed by atoms with Crippen LogP contribution in [-0.4, -0.2) is 29.8 Å². The Labute approximate surface area is 146 Å². The fourth-order valence-corrected chi connectivity index (χ4v) is 3.05. The molecule has 0 aliphatic rings. The summed E-state index contributed by atoms with van der Waals surface area (Å²) in [4.78, 5) is 4.07. The minimum atomic E-state index is 0.525. The quantitative estimate of drug-likeness (QED) is 0.722. The average molecular weight is 382 g/mol. The molecule has 23 heavy (non-hydrogen) atoms. The first-order chi connectivity index (χ1) is 11.1. The molecule has 0 saturated carbocycles.